The molecule has 0 aliphatic carbocycles. The molecule has 2 aromatic carbocycles. The molecule has 2 heterocycles. The predicted molar refractivity (Wildman–Crippen MR) is 119 cm³/mol. The molecule has 160 valence electrons. The zero-order valence-electron chi connectivity index (χ0n) is 17.4. The fourth-order valence-electron chi connectivity index (χ4n) is 4.34. The van der Waals surface area contributed by atoms with Gasteiger partial charge in [-0.2, -0.15) is 4.31 Å². The zero-order valence-corrected chi connectivity index (χ0v) is 18.2. The highest BCUT2D eigenvalue weighted by molar-refractivity contribution is 7.89. The number of benzene rings is 2. The van der Waals surface area contributed by atoms with Gasteiger partial charge in [0.15, 0.2) is 0 Å². The Kier molecular flexibility index (Phi) is 6.11. The van der Waals surface area contributed by atoms with Crippen molar-refractivity contribution in [2.75, 3.05) is 29.9 Å². The summed E-state index contributed by atoms with van der Waals surface area (Å²) in [7, 11) is -3.53. The van der Waals surface area contributed by atoms with Crippen molar-refractivity contribution in [3.8, 4) is 0 Å². The molecule has 0 radical (unpaired) electrons. The number of piperidine rings is 1. The first kappa shape index (κ1) is 20.9. The van der Waals surface area contributed by atoms with Crippen LogP contribution in [0.25, 0.3) is 0 Å². The van der Waals surface area contributed by atoms with Gasteiger partial charge >= 0.3 is 0 Å². The van der Waals surface area contributed by atoms with Crippen molar-refractivity contribution < 1.29 is 13.2 Å². The van der Waals surface area contributed by atoms with Crippen LogP contribution >= 0.6 is 0 Å². The molecule has 0 saturated carbocycles. The minimum atomic E-state index is -3.53. The molecule has 0 spiro atoms. The molecule has 0 aromatic heterocycles. The van der Waals surface area contributed by atoms with Crippen LogP contribution < -0.4 is 10.2 Å². The third-order valence-electron chi connectivity index (χ3n) is 6.05. The molecule has 0 bridgehead atoms. The minimum Gasteiger partial charge on any atom is -0.360 e. The van der Waals surface area contributed by atoms with Gasteiger partial charge in [-0.25, -0.2) is 8.42 Å². The molecule has 1 saturated heterocycles. The van der Waals surface area contributed by atoms with E-state index < -0.39 is 10.0 Å². The number of carbonyl (C=O) groups is 1. The van der Waals surface area contributed by atoms with E-state index in [-0.39, 0.29) is 16.8 Å². The van der Waals surface area contributed by atoms with E-state index in [0.717, 1.165) is 44.3 Å². The summed E-state index contributed by atoms with van der Waals surface area (Å²) in [5.74, 6) is -0.140. The topological polar surface area (TPSA) is 69.7 Å². The Hall–Kier alpha value is -2.38. The second-order valence-electron chi connectivity index (χ2n) is 8.08. The SMILES string of the molecule is C[C@H](C(=O)Nc1cccc(S(=O)(=O)N2CCCCC2)c1)N1CCCc2ccccc21. The Labute approximate surface area is 178 Å². The fraction of sp³-hybridized carbons (Fsp3) is 0.435. The van der Waals surface area contributed by atoms with Gasteiger partial charge in [-0.3, -0.25) is 4.79 Å². The van der Waals surface area contributed by atoms with Gasteiger partial charge in [-0.05, 0) is 62.4 Å². The van der Waals surface area contributed by atoms with Crippen LogP contribution in [0.2, 0.25) is 0 Å². The molecule has 7 heteroatoms. The molecule has 2 aliphatic heterocycles. The van der Waals surface area contributed by atoms with Crippen molar-refractivity contribution in [2.45, 2.75) is 50.0 Å². The highest BCUT2D eigenvalue weighted by Gasteiger charge is 2.28. The van der Waals surface area contributed by atoms with Crippen LogP contribution in [0, 0.1) is 0 Å². The van der Waals surface area contributed by atoms with Gasteiger partial charge in [0.25, 0.3) is 0 Å². The van der Waals surface area contributed by atoms with Gasteiger partial charge in [0.2, 0.25) is 15.9 Å². The Morgan fingerprint density at radius 3 is 2.53 bits per heavy atom. The molecule has 1 atom stereocenters. The summed E-state index contributed by atoms with van der Waals surface area (Å²) < 4.78 is 27.4. The first-order valence-corrected chi connectivity index (χ1v) is 12.2. The van der Waals surface area contributed by atoms with Crippen LogP contribution in [0.5, 0.6) is 0 Å². The van der Waals surface area contributed by atoms with Gasteiger partial charge < -0.3 is 10.2 Å². The maximum atomic E-state index is 13.0. The number of hydrogen-bond acceptors (Lipinski definition) is 4. The summed E-state index contributed by atoms with van der Waals surface area (Å²) >= 11 is 0. The Morgan fingerprint density at radius 2 is 1.73 bits per heavy atom. The third-order valence-corrected chi connectivity index (χ3v) is 7.94. The minimum absolute atomic E-state index is 0.140. The quantitative estimate of drug-likeness (QED) is 0.791. The van der Waals surface area contributed by atoms with Crippen LogP contribution in [0.4, 0.5) is 11.4 Å². The van der Waals surface area contributed by atoms with Crippen molar-refractivity contribution in [3.63, 3.8) is 0 Å². The largest absolute Gasteiger partial charge is 0.360 e. The number of nitrogens with zero attached hydrogens (tertiary/aromatic N) is 2. The molecule has 1 fully saturated rings. The van der Waals surface area contributed by atoms with Crippen LogP contribution in [-0.2, 0) is 21.2 Å². The number of anilines is 2. The van der Waals surface area contributed by atoms with Crippen molar-refractivity contribution in [3.05, 3.63) is 54.1 Å². The van der Waals surface area contributed by atoms with Gasteiger partial charge in [0.05, 0.1) is 4.90 Å². The van der Waals surface area contributed by atoms with Crippen LogP contribution in [-0.4, -0.2) is 44.3 Å². The average molecular weight is 428 g/mol. The van der Waals surface area contributed by atoms with Crippen molar-refractivity contribution in [2.24, 2.45) is 0 Å². The van der Waals surface area contributed by atoms with E-state index in [0.29, 0.717) is 18.8 Å². The van der Waals surface area contributed by atoms with E-state index in [4.69, 9.17) is 0 Å². The number of hydrogen-bond donors (Lipinski definition) is 1. The molecule has 6 nitrogen and oxygen atoms in total. The van der Waals surface area contributed by atoms with Crippen molar-refractivity contribution in [1.82, 2.24) is 4.31 Å². The number of rotatable bonds is 5. The van der Waals surface area contributed by atoms with E-state index in [1.807, 2.05) is 19.1 Å². The standard InChI is InChI=1S/C23H29N3O3S/c1-18(26-16-8-10-19-9-3-4-13-22(19)26)23(27)24-20-11-7-12-21(17-20)30(28,29)25-14-5-2-6-15-25/h3-4,7,9,11-13,17-18H,2,5-6,8,10,14-16H2,1H3,(H,24,27)/t18-/m1/s1. The monoisotopic (exact) mass is 427 g/mol. The number of para-hydroxylation sites is 1. The number of sulfonamides is 1. The first-order valence-electron chi connectivity index (χ1n) is 10.7. The lowest BCUT2D eigenvalue weighted by atomic mass is 10.00. The van der Waals surface area contributed by atoms with Gasteiger partial charge in [0.1, 0.15) is 6.04 Å². The molecule has 1 amide bonds. The summed E-state index contributed by atoms with van der Waals surface area (Å²) in [6.07, 6.45) is 4.89. The number of nitrogens with one attached hydrogen (secondary N) is 1. The van der Waals surface area contributed by atoms with Crippen LogP contribution in [0.15, 0.2) is 53.4 Å². The highest BCUT2D eigenvalue weighted by Crippen LogP contribution is 2.29. The molecule has 2 aliphatic rings. The second-order valence-corrected chi connectivity index (χ2v) is 10.0. The summed E-state index contributed by atoms with van der Waals surface area (Å²) in [6, 6.07) is 14.4. The van der Waals surface area contributed by atoms with Crippen molar-refractivity contribution in [1.29, 1.82) is 0 Å². The molecule has 0 unspecified atom stereocenters. The van der Waals surface area contributed by atoms with Crippen LogP contribution in [0.1, 0.15) is 38.2 Å². The smallest absolute Gasteiger partial charge is 0.246 e. The Balaban J connectivity index is 1.50. The van der Waals surface area contributed by atoms with Gasteiger partial charge in [-0.15, -0.1) is 0 Å². The Bertz CT molecular complexity index is 1020. The molecular weight excluding hydrogens is 398 g/mol. The first-order chi connectivity index (χ1) is 14.5. The molecule has 4 rings (SSSR count). The van der Waals surface area contributed by atoms with Gasteiger partial charge in [0, 0.05) is 31.0 Å². The molecular formula is C23H29N3O3S. The average Bonchev–Trinajstić information content (AvgIpc) is 2.79. The predicted octanol–water partition coefficient (Wildman–Crippen LogP) is 3.64. The zero-order chi connectivity index (χ0) is 21.1. The lowest BCUT2D eigenvalue weighted by Gasteiger charge is -2.35. The van der Waals surface area contributed by atoms with Gasteiger partial charge in [-0.1, -0.05) is 30.7 Å². The summed E-state index contributed by atoms with van der Waals surface area (Å²) in [4.78, 5) is 15.3. The summed E-state index contributed by atoms with van der Waals surface area (Å²) in [5.41, 5.74) is 2.88. The number of carbonyl (C=O) groups excluding carboxylic acids is 1. The van der Waals surface area contributed by atoms with E-state index in [1.165, 1.54) is 5.56 Å². The molecule has 1 N–H and O–H groups in total. The summed E-state index contributed by atoms with van der Waals surface area (Å²) in [5, 5.41) is 2.92. The number of aryl methyl sites for hydroxylation is 1. The molecule has 2 aromatic rings. The lowest BCUT2D eigenvalue weighted by molar-refractivity contribution is -0.117. The van der Waals surface area contributed by atoms with E-state index in [1.54, 1.807) is 28.6 Å². The Morgan fingerprint density at radius 1 is 0.967 bits per heavy atom. The fourth-order valence-corrected chi connectivity index (χ4v) is 5.91. The maximum absolute atomic E-state index is 13.0. The summed E-state index contributed by atoms with van der Waals surface area (Å²) in [6.45, 7) is 3.84. The van der Waals surface area contributed by atoms with E-state index >= 15 is 0 Å². The van der Waals surface area contributed by atoms with E-state index in [2.05, 4.69) is 22.3 Å². The third kappa shape index (κ3) is 4.23. The lowest BCUT2D eigenvalue weighted by Crippen LogP contribution is -2.44. The molecule has 30 heavy (non-hydrogen) atoms. The second kappa shape index (κ2) is 8.78. The van der Waals surface area contributed by atoms with Crippen LogP contribution in [0.3, 0.4) is 0 Å². The number of fused-ring (bicyclic) bond motifs is 1. The normalized spacial score (nSPS) is 18.5. The number of amides is 1. The maximum Gasteiger partial charge on any atom is 0.246 e. The van der Waals surface area contributed by atoms with E-state index in [9.17, 15) is 13.2 Å². The highest BCUT2D eigenvalue weighted by atomic mass is 32.2. The van der Waals surface area contributed by atoms with Crippen molar-refractivity contribution >= 4 is 27.3 Å².